The normalized spacial score (nSPS) is 25.0. The van der Waals surface area contributed by atoms with Gasteiger partial charge in [-0.3, -0.25) is 9.69 Å². The van der Waals surface area contributed by atoms with Crippen LogP contribution in [-0.4, -0.2) is 42.5 Å². The van der Waals surface area contributed by atoms with Gasteiger partial charge in [0.1, 0.15) is 0 Å². The van der Waals surface area contributed by atoms with E-state index in [1.807, 2.05) is 6.92 Å². The largest absolute Gasteiger partial charge is 0.351 e. The third-order valence-corrected chi connectivity index (χ3v) is 3.58. The Morgan fingerprint density at radius 3 is 2.94 bits per heavy atom. The van der Waals surface area contributed by atoms with Crippen molar-refractivity contribution < 1.29 is 4.79 Å². The molecule has 3 unspecified atom stereocenters. The topological polar surface area (TPSA) is 58.4 Å². The van der Waals surface area contributed by atoms with Gasteiger partial charge in [-0.05, 0) is 39.2 Å². The van der Waals surface area contributed by atoms with E-state index in [1.165, 1.54) is 6.42 Å². The Bertz CT molecular complexity index is 265. The number of nitrogens with one attached hydrogen (secondary N) is 1. The van der Waals surface area contributed by atoms with Crippen molar-refractivity contribution in [2.45, 2.75) is 38.8 Å². The molecule has 0 aromatic carbocycles. The molecule has 0 aromatic heterocycles. The van der Waals surface area contributed by atoms with E-state index in [0.717, 1.165) is 19.5 Å². The number of hydrogen-bond donors (Lipinski definition) is 2. The van der Waals surface area contributed by atoms with Gasteiger partial charge in [-0.2, -0.15) is 0 Å². The van der Waals surface area contributed by atoms with Gasteiger partial charge in [0.15, 0.2) is 0 Å². The maximum atomic E-state index is 11.8. The van der Waals surface area contributed by atoms with Gasteiger partial charge in [0.25, 0.3) is 0 Å². The molecule has 4 heteroatoms. The Hall–Kier alpha value is -0.870. The Labute approximate surface area is 104 Å². The van der Waals surface area contributed by atoms with Crippen LogP contribution in [0.25, 0.3) is 0 Å². The molecule has 1 fully saturated rings. The predicted octanol–water partition coefficient (Wildman–Crippen LogP) is 0.736. The molecule has 1 amide bonds. The van der Waals surface area contributed by atoms with Crippen LogP contribution in [-0.2, 0) is 4.79 Å². The second kappa shape index (κ2) is 6.77. The number of amides is 1. The highest BCUT2D eigenvalue weighted by Gasteiger charge is 2.28. The van der Waals surface area contributed by atoms with Gasteiger partial charge in [0.2, 0.25) is 5.91 Å². The van der Waals surface area contributed by atoms with Gasteiger partial charge < -0.3 is 11.1 Å². The highest BCUT2D eigenvalue weighted by molar-refractivity contribution is 5.81. The molecule has 0 saturated carbocycles. The van der Waals surface area contributed by atoms with E-state index in [9.17, 15) is 4.79 Å². The molecule has 1 aliphatic heterocycles. The number of piperidine rings is 1. The van der Waals surface area contributed by atoms with Crippen molar-refractivity contribution >= 4 is 5.91 Å². The first-order valence-corrected chi connectivity index (χ1v) is 6.44. The molecular formula is C13H25N3O. The number of hydrogen-bond acceptors (Lipinski definition) is 3. The molecule has 1 saturated heterocycles. The Morgan fingerprint density at radius 1 is 1.65 bits per heavy atom. The summed E-state index contributed by atoms with van der Waals surface area (Å²) >= 11 is 0. The van der Waals surface area contributed by atoms with Crippen LogP contribution in [0, 0.1) is 5.92 Å². The second-order valence-electron chi connectivity index (χ2n) is 4.97. The molecule has 4 nitrogen and oxygen atoms in total. The number of nitrogens with zero attached hydrogens (tertiary/aromatic N) is 1. The van der Waals surface area contributed by atoms with Gasteiger partial charge >= 0.3 is 0 Å². The summed E-state index contributed by atoms with van der Waals surface area (Å²) in [5, 5.41) is 2.84. The lowest BCUT2D eigenvalue weighted by atomic mass is 9.91. The van der Waals surface area contributed by atoms with E-state index in [1.54, 1.807) is 6.08 Å². The summed E-state index contributed by atoms with van der Waals surface area (Å²) in [5.74, 6) is 0.591. The number of nitrogens with two attached hydrogens (primary N) is 1. The Balaban J connectivity index is 2.47. The van der Waals surface area contributed by atoms with E-state index < -0.39 is 0 Å². The molecule has 1 aliphatic rings. The molecule has 1 rings (SSSR count). The molecule has 17 heavy (non-hydrogen) atoms. The molecule has 0 radical (unpaired) electrons. The fourth-order valence-corrected chi connectivity index (χ4v) is 2.31. The minimum absolute atomic E-state index is 0.0727. The summed E-state index contributed by atoms with van der Waals surface area (Å²) in [6.45, 7) is 10.1. The molecule has 0 aromatic rings. The van der Waals surface area contributed by atoms with Crippen LogP contribution in [0.2, 0.25) is 0 Å². The van der Waals surface area contributed by atoms with E-state index in [0.29, 0.717) is 12.5 Å². The van der Waals surface area contributed by atoms with Crippen LogP contribution < -0.4 is 11.1 Å². The van der Waals surface area contributed by atoms with Gasteiger partial charge in [-0.15, -0.1) is 6.58 Å². The van der Waals surface area contributed by atoms with Crippen molar-refractivity contribution in [3.63, 3.8) is 0 Å². The molecule has 98 valence electrons. The Morgan fingerprint density at radius 2 is 2.35 bits per heavy atom. The molecule has 0 spiro atoms. The molecule has 1 heterocycles. The number of likely N-dealkylation sites (tertiary alicyclic amines) is 1. The average Bonchev–Trinajstić information content (AvgIpc) is 2.35. The first kappa shape index (κ1) is 14.2. The Kier molecular flexibility index (Phi) is 5.65. The monoisotopic (exact) mass is 239 g/mol. The standard InChI is InChI=1S/C13H25N3O/c1-4-7-15-13(17)11(3)16-8-5-6-12(9-16)10(2)14/h4,10-12H,1,5-9,14H2,2-3H3,(H,15,17). The highest BCUT2D eigenvalue weighted by Crippen LogP contribution is 2.20. The second-order valence-corrected chi connectivity index (χ2v) is 4.97. The van der Waals surface area contributed by atoms with Crippen molar-refractivity contribution in [3.8, 4) is 0 Å². The summed E-state index contributed by atoms with van der Waals surface area (Å²) in [6.07, 6.45) is 4.01. The fraction of sp³-hybridized carbons (Fsp3) is 0.769. The third-order valence-electron chi connectivity index (χ3n) is 3.58. The quantitative estimate of drug-likeness (QED) is 0.696. The predicted molar refractivity (Wildman–Crippen MR) is 70.6 cm³/mol. The van der Waals surface area contributed by atoms with Crippen LogP contribution in [0.4, 0.5) is 0 Å². The zero-order valence-electron chi connectivity index (χ0n) is 11.0. The van der Waals surface area contributed by atoms with Gasteiger partial charge in [0.05, 0.1) is 6.04 Å². The van der Waals surface area contributed by atoms with Crippen molar-refractivity contribution in [3.05, 3.63) is 12.7 Å². The van der Waals surface area contributed by atoms with Crippen molar-refractivity contribution in [1.29, 1.82) is 0 Å². The van der Waals surface area contributed by atoms with Crippen LogP contribution in [0.1, 0.15) is 26.7 Å². The maximum absolute atomic E-state index is 11.8. The summed E-state index contributed by atoms with van der Waals surface area (Å²) in [7, 11) is 0. The first-order chi connectivity index (χ1) is 8.06. The molecule has 0 aliphatic carbocycles. The van der Waals surface area contributed by atoms with Crippen molar-refractivity contribution in [2.24, 2.45) is 11.7 Å². The average molecular weight is 239 g/mol. The molecule has 3 atom stereocenters. The summed E-state index contributed by atoms with van der Waals surface area (Å²) in [6, 6.07) is 0.137. The number of carbonyl (C=O) groups excluding carboxylic acids is 1. The smallest absolute Gasteiger partial charge is 0.237 e. The van der Waals surface area contributed by atoms with Gasteiger partial charge in [-0.1, -0.05) is 6.08 Å². The van der Waals surface area contributed by atoms with E-state index in [4.69, 9.17) is 5.73 Å². The zero-order valence-corrected chi connectivity index (χ0v) is 11.0. The van der Waals surface area contributed by atoms with Crippen LogP contribution in [0.5, 0.6) is 0 Å². The molecular weight excluding hydrogens is 214 g/mol. The zero-order chi connectivity index (χ0) is 12.8. The van der Waals surface area contributed by atoms with Crippen LogP contribution >= 0.6 is 0 Å². The maximum Gasteiger partial charge on any atom is 0.237 e. The number of rotatable bonds is 5. The van der Waals surface area contributed by atoms with E-state index in [2.05, 4.69) is 23.7 Å². The lowest BCUT2D eigenvalue weighted by molar-refractivity contribution is -0.126. The van der Waals surface area contributed by atoms with E-state index in [-0.39, 0.29) is 18.0 Å². The molecule has 0 bridgehead atoms. The summed E-state index contributed by atoms with van der Waals surface area (Å²) in [4.78, 5) is 14.1. The van der Waals surface area contributed by atoms with Gasteiger partial charge in [-0.25, -0.2) is 0 Å². The SMILES string of the molecule is C=CCNC(=O)C(C)N1CCCC(C(C)N)C1. The lowest BCUT2D eigenvalue weighted by Gasteiger charge is -2.37. The third kappa shape index (κ3) is 4.13. The fourth-order valence-electron chi connectivity index (χ4n) is 2.31. The number of carbonyl (C=O) groups is 1. The van der Waals surface area contributed by atoms with Gasteiger partial charge in [0, 0.05) is 19.1 Å². The summed E-state index contributed by atoms with van der Waals surface area (Å²) in [5.41, 5.74) is 5.95. The van der Waals surface area contributed by atoms with Crippen LogP contribution in [0.15, 0.2) is 12.7 Å². The van der Waals surface area contributed by atoms with Crippen LogP contribution in [0.3, 0.4) is 0 Å². The minimum Gasteiger partial charge on any atom is -0.351 e. The lowest BCUT2D eigenvalue weighted by Crippen LogP contribution is -2.51. The van der Waals surface area contributed by atoms with E-state index >= 15 is 0 Å². The first-order valence-electron chi connectivity index (χ1n) is 6.44. The summed E-state index contributed by atoms with van der Waals surface area (Å²) < 4.78 is 0. The van der Waals surface area contributed by atoms with Crippen molar-refractivity contribution in [1.82, 2.24) is 10.2 Å². The highest BCUT2D eigenvalue weighted by atomic mass is 16.2. The van der Waals surface area contributed by atoms with Crippen molar-refractivity contribution in [2.75, 3.05) is 19.6 Å². The molecule has 3 N–H and O–H groups in total. The minimum atomic E-state index is -0.0727.